The zero-order valence-corrected chi connectivity index (χ0v) is 15.1. The lowest BCUT2D eigenvalue weighted by molar-refractivity contribution is -0.118. The molecule has 0 amide bonds. The van der Waals surface area contributed by atoms with Crippen molar-refractivity contribution in [2.75, 3.05) is 0 Å². The van der Waals surface area contributed by atoms with E-state index in [1.54, 1.807) is 6.20 Å². The van der Waals surface area contributed by atoms with Gasteiger partial charge in [0.2, 0.25) is 0 Å². The predicted molar refractivity (Wildman–Crippen MR) is 102 cm³/mol. The lowest BCUT2D eigenvalue weighted by Crippen LogP contribution is -2.07. The molecule has 0 spiro atoms. The summed E-state index contributed by atoms with van der Waals surface area (Å²) in [5.41, 5.74) is 6.97. The first-order valence-corrected chi connectivity index (χ1v) is 8.67. The van der Waals surface area contributed by atoms with Crippen molar-refractivity contribution in [3.05, 3.63) is 77.2 Å². The monoisotopic (exact) mass is 332 g/mol. The number of benzene rings is 1. The molecule has 0 aliphatic carbocycles. The van der Waals surface area contributed by atoms with Gasteiger partial charge in [0.25, 0.3) is 0 Å². The van der Waals surface area contributed by atoms with Crippen LogP contribution in [0.15, 0.2) is 54.9 Å². The fraction of sp³-hybridized carbons (Fsp3) is 0.273. The molecule has 0 fully saturated rings. The van der Waals surface area contributed by atoms with Crippen molar-refractivity contribution in [1.29, 1.82) is 0 Å². The van der Waals surface area contributed by atoms with Gasteiger partial charge in [-0.05, 0) is 55.7 Å². The summed E-state index contributed by atoms with van der Waals surface area (Å²) in [5, 5.41) is 0. The molecule has 0 atom stereocenters. The van der Waals surface area contributed by atoms with Crippen molar-refractivity contribution < 1.29 is 4.79 Å². The third kappa shape index (κ3) is 4.05. The summed E-state index contributed by atoms with van der Waals surface area (Å²) in [4.78, 5) is 16.6. The Labute approximate surface area is 149 Å². The van der Waals surface area contributed by atoms with Gasteiger partial charge in [-0.3, -0.25) is 9.78 Å². The molecule has 0 aliphatic rings. The molecule has 0 bridgehead atoms. The van der Waals surface area contributed by atoms with Crippen LogP contribution >= 0.6 is 0 Å². The Morgan fingerprint density at radius 1 is 1.12 bits per heavy atom. The van der Waals surface area contributed by atoms with Gasteiger partial charge < -0.3 is 4.57 Å². The fourth-order valence-corrected chi connectivity index (χ4v) is 3.22. The number of carbonyl (C=O) groups excluding carboxylic acids is 1. The van der Waals surface area contributed by atoms with Gasteiger partial charge in [-0.1, -0.05) is 23.8 Å². The van der Waals surface area contributed by atoms with Crippen molar-refractivity contribution >= 4 is 5.78 Å². The van der Waals surface area contributed by atoms with E-state index < -0.39 is 0 Å². The summed E-state index contributed by atoms with van der Waals surface area (Å²) in [6, 6.07) is 14.5. The highest BCUT2D eigenvalue weighted by molar-refractivity contribution is 5.81. The Morgan fingerprint density at radius 3 is 2.68 bits per heavy atom. The van der Waals surface area contributed by atoms with Crippen LogP contribution in [0.4, 0.5) is 0 Å². The molecule has 3 nitrogen and oxygen atoms in total. The summed E-state index contributed by atoms with van der Waals surface area (Å²) in [7, 11) is 2.05. The second kappa shape index (κ2) is 7.47. The number of pyridine rings is 1. The number of ketones is 1. The third-order valence-corrected chi connectivity index (χ3v) is 4.73. The van der Waals surface area contributed by atoms with Gasteiger partial charge in [0, 0.05) is 49.2 Å². The highest BCUT2D eigenvalue weighted by Crippen LogP contribution is 2.21. The lowest BCUT2D eigenvalue weighted by Gasteiger charge is -2.09. The Balaban J connectivity index is 1.64. The Hall–Kier alpha value is -2.68. The topological polar surface area (TPSA) is 34.9 Å². The minimum atomic E-state index is 0.288. The first kappa shape index (κ1) is 17.2. The van der Waals surface area contributed by atoms with Crippen molar-refractivity contribution in [2.24, 2.45) is 7.05 Å². The SMILES string of the molecule is Cc1ccc(CC(=O)CCc2ccc(-c3cccnc3)n2C)c(C)c1. The van der Waals surface area contributed by atoms with Gasteiger partial charge in [0.15, 0.2) is 0 Å². The van der Waals surface area contributed by atoms with Crippen LogP contribution < -0.4 is 0 Å². The molecule has 1 aromatic carbocycles. The molecule has 3 aromatic rings. The van der Waals surface area contributed by atoms with E-state index in [0.29, 0.717) is 12.8 Å². The van der Waals surface area contributed by atoms with E-state index in [4.69, 9.17) is 0 Å². The average molecular weight is 332 g/mol. The number of Topliss-reactive ketones (excluding diaryl/α,β-unsaturated/α-hetero) is 1. The van der Waals surface area contributed by atoms with Crippen LogP contribution in [0.3, 0.4) is 0 Å². The van der Waals surface area contributed by atoms with E-state index >= 15 is 0 Å². The maximum absolute atomic E-state index is 12.4. The van der Waals surface area contributed by atoms with Crippen LogP contribution in [0.25, 0.3) is 11.3 Å². The van der Waals surface area contributed by atoms with E-state index in [0.717, 1.165) is 23.2 Å². The van der Waals surface area contributed by atoms with Crippen LogP contribution in [0.5, 0.6) is 0 Å². The molecule has 0 saturated heterocycles. The number of rotatable bonds is 6. The maximum atomic E-state index is 12.4. The lowest BCUT2D eigenvalue weighted by atomic mass is 9.99. The second-order valence-electron chi connectivity index (χ2n) is 6.66. The molecule has 3 heteroatoms. The van der Waals surface area contributed by atoms with Gasteiger partial charge in [-0.2, -0.15) is 0 Å². The number of hydrogen-bond donors (Lipinski definition) is 0. The van der Waals surface area contributed by atoms with Crippen molar-refractivity contribution in [1.82, 2.24) is 9.55 Å². The molecular formula is C22H24N2O. The van der Waals surface area contributed by atoms with Crippen LogP contribution in [0, 0.1) is 13.8 Å². The summed E-state index contributed by atoms with van der Waals surface area (Å²) in [6.45, 7) is 4.15. The second-order valence-corrected chi connectivity index (χ2v) is 6.66. The third-order valence-electron chi connectivity index (χ3n) is 4.73. The Bertz CT molecular complexity index is 878. The van der Waals surface area contributed by atoms with Crippen molar-refractivity contribution in [3.8, 4) is 11.3 Å². The number of aromatic nitrogens is 2. The van der Waals surface area contributed by atoms with Gasteiger partial charge in [-0.25, -0.2) is 0 Å². The first-order valence-electron chi connectivity index (χ1n) is 8.67. The van der Waals surface area contributed by atoms with E-state index in [2.05, 4.69) is 59.8 Å². The number of nitrogens with zero attached hydrogens (tertiary/aromatic N) is 2. The summed E-state index contributed by atoms with van der Waals surface area (Å²) in [5.74, 6) is 0.288. The van der Waals surface area contributed by atoms with E-state index in [1.165, 1.54) is 16.8 Å². The van der Waals surface area contributed by atoms with Crippen LogP contribution in [0.2, 0.25) is 0 Å². The maximum Gasteiger partial charge on any atom is 0.137 e. The minimum absolute atomic E-state index is 0.288. The molecule has 0 radical (unpaired) electrons. The van der Waals surface area contributed by atoms with E-state index in [-0.39, 0.29) is 5.78 Å². The average Bonchev–Trinajstić information content (AvgIpc) is 2.97. The van der Waals surface area contributed by atoms with Crippen LogP contribution in [0.1, 0.15) is 28.8 Å². The smallest absolute Gasteiger partial charge is 0.137 e. The number of carbonyl (C=O) groups is 1. The molecule has 0 saturated carbocycles. The van der Waals surface area contributed by atoms with Crippen LogP contribution in [-0.4, -0.2) is 15.3 Å². The summed E-state index contributed by atoms with van der Waals surface area (Å²) in [6.07, 6.45) is 5.49. The standard InChI is InChI=1S/C22H24N2O/c1-16-6-7-18(17(2)13-16)14-21(25)10-8-20-9-11-22(24(20)3)19-5-4-12-23-15-19/h4-7,9,11-13,15H,8,10,14H2,1-3H3. The van der Waals surface area contributed by atoms with E-state index in [9.17, 15) is 4.79 Å². The fourth-order valence-electron chi connectivity index (χ4n) is 3.22. The van der Waals surface area contributed by atoms with Gasteiger partial charge in [-0.15, -0.1) is 0 Å². The largest absolute Gasteiger partial charge is 0.348 e. The minimum Gasteiger partial charge on any atom is -0.348 e. The van der Waals surface area contributed by atoms with Crippen LogP contribution in [-0.2, 0) is 24.7 Å². The van der Waals surface area contributed by atoms with Crippen molar-refractivity contribution in [2.45, 2.75) is 33.1 Å². The summed E-state index contributed by atoms with van der Waals surface area (Å²) < 4.78 is 2.15. The molecule has 0 unspecified atom stereocenters. The van der Waals surface area contributed by atoms with Gasteiger partial charge in [0.1, 0.15) is 5.78 Å². The molecule has 0 aliphatic heterocycles. The van der Waals surface area contributed by atoms with Gasteiger partial charge in [0.05, 0.1) is 0 Å². The molecule has 0 N–H and O–H groups in total. The Morgan fingerprint density at radius 2 is 1.96 bits per heavy atom. The zero-order valence-electron chi connectivity index (χ0n) is 15.1. The zero-order chi connectivity index (χ0) is 17.8. The first-order chi connectivity index (χ1) is 12.0. The normalized spacial score (nSPS) is 10.8. The quantitative estimate of drug-likeness (QED) is 0.668. The summed E-state index contributed by atoms with van der Waals surface area (Å²) >= 11 is 0. The highest BCUT2D eigenvalue weighted by Gasteiger charge is 2.10. The molecule has 2 heterocycles. The molecule has 25 heavy (non-hydrogen) atoms. The van der Waals surface area contributed by atoms with Gasteiger partial charge >= 0.3 is 0 Å². The molecule has 3 rings (SSSR count). The van der Waals surface area contributed by atoms with Crippen molar-refractivity contribution in [3.63, 3.8) is 0 Å². The Kier molecular flexibility index (Phi) is 5.13. The predicted octanol–water partition coefficient (Wildman–Crippen LogP) is 4.45. The molecule has 128 valence electrons. The molecule has 2 aromatic heterocycles. The highest BCUT2D eigenvalue weighted by atomic mass is 16.1. The van der Waals surface area contributed by atoms with E-state index in [1.807, 2.05) is 19.3 Å². The number of aryl methyl sites for hydroxylation is 3. The number of hydrogen-bond acceptors (Lipinski definition) is 2. The molecular weight excluding hydrogens is 308 g/mol.